The summed E-state index contributed by atoms with van der Waals surface area (Å²) < 4.78 is 0. The average molecular weight is 265 g/mol. The van der Waals surface area contributed by atoms with Crippen LogP contribution in [0.25, 0.3) is 0 Å². The molecule has 1 aromatic carbocycles. The maximum absolute atomic E-state index is 3.53. The zero-order chi connectivity index (χ0) is 11.9. The van der Waals surface area contributed by atoms with Crippen molar-refractivity contribution in [3.05, 3.63) is 47.0 Å². The number of nitrogens with one attached hydrogen (secondary N) is 1. The molecule has 0 saturated heterocycles. The maximum Gasteiger partial charge on any atom is 0.0205 e. The fourth-order valence-electron chi connectivity index (χ4n) is 2.32. The van der Waals surface area contributed by atoms with Crippen LogP contribution < -0.4 is 17.7 Å². The van der Waals surface area contributed by atoms with Gasteiger partial charge in [-0.2, -0.15) is 0 Å². The molecule has 0 aromatic heterocycles. The Kier molecular flexibility index (Phi) is 7.07. The second-order valence-corrected chi connectivity index (χ2v) is 5.02. The molecule has 0 fully saturated rings. The van der Waals surface area contributed by atoms with Crippen LogP contribution in [-0.2, 0) is 6.54 Å². The van der Waals surface area contributed by atoms with Crippen molar-refractivity contribution in [2.24, 2.45) is 0 Å². The Morgan fingerprint density at radius 1 is 1.11 bits per heavy atom. The summed E-state index contributed by atoms with van der Waals surface area (Å²) >= 11 is 0. The average Bonchev–Trinajstić information content (AvgIpc) is 2.38. The van der Waals surface area contributed by atoms with E-state index in [1.165, 1.54) is 43.2 Å². The highest BCUT2D eigenvalue weighted by molar-refractivity contribution is 5.21. The van der Waals surface area contributed by atoms with E-state index in [0.29, 0.717) is 0 Å². The minimum absolute atomic E-state index is 0. The number of aryl methyl sites for hydroxylation is 1. The molecule has 0 spiro atoms. The van der Waals surface area contributed by atoms with Crippen molar-refractivity contribution in [1.29, 1.82) is 0 Å². The molecular formula is C16H23ClN-. The zero-order valence-electron chi connectivity index (χ0n) is 11.2. The summed E-state index contributed by atoms with van der Waals surface area (Å²) in [6, 6.07) is 8.78. The highest BCUT2D eigenvalue weighted by Gasteiger charge is 2.02. The first-order valence-corrected chi connectivity index (χ1v) is 6.79. The largest absolute Gasteiger partial charge is 1.00 e. The summed E-state index contributed by atoms with van der Waals surface area (Å²) in [7, 11) is 0. The molecule has 0 aliphatic heterocycles. The van der Waals surface area contributed by atoms with Crippen LogP contribution in [0.5, 0.6) is 0 Å². The number of benzene rings is 1. The Morgan fingerprint density at radius 3 is 2.56 bits per heavy atom. The van der Waals surface area contributed by atoms with Crippen molar-refractivity contribution in [3.63, 3.8) is 0 Å². The van der Waals surface area contributed by atoms with E-state index in [0.717, 1.165) is 13.1 Å². The standard InChI is InChI=1S/C16H23N.ClH/c1-14-7-9-16(10-8-14)13-17-12-11-15-5-3-2-4-6-15;/h5,7-10,17H,2-4,6,11-13H2,1H3;1H/p-1. The second-order valence-electron chi connectivity index (χ2n) is 5.02. The molecule has 100 valence electrons. The lowest BCUT2D eigenvalue weighted by Crippen LogP contribution is -3.00. The first kappa shape index (κ1) is 15.3. The van der Waals surface area contributed by atoms with Crippen molar-refractivity contribution in [1.82, 2.24) is 5.32 Å². The SMILES string of the molecule is Cc1ccc(CNCCC2=CCCCC2)cc1.[Cl-]. The Hall–Kier alpha value is -0.790. The highest BCUT2D eigenvalue weighted by atomic mass is 35.5. The van der Waals surface area contributed by atoms with Gasteiger partial charge in [0, 0.05) is 6.54 Å². The lowest BCUT2D eigenvalue weighted by atomic mass is 9.97. The third-order valence-corrected chi connectivity index (χ3v) is 3.46. The minimum Gasteiger partial charge on any atom is -1.00 e. The van der Waals surface area contributed by atoms with Gasteiger partial charge < -0.3 is 17.7 Å². The predicted molar refractivity (Wildman–Crippen MR) is 74.1 cm³/mol. The van der Waals surface area contributed by atoms with Crippen LogP contribution in [0.1, 0.15) is 43.2 Å². The third kappa shape index (κ3) is 5.24. The van der Waals surface area contributed by atoms with E-state index in [1.54, 1.807) is 5.57 Å². The fraction of sp³-hybridized carbons (Fsp3) is 0.500. The molecule has 0 atom stereocenters. The molecule has 2 rings (SSSR count). The van der Waals surface area contributed by atoms with E-state index < -0.39 is 0 Å². The summed E-state index contributed by atoms with van der Waals surface area (Å²) in [6.45, 7) is 4.24. The monoisotopic (exact) mass is 264 g/mol. The van der Waals surface area contributed by atoms with Gasteiger partial charge >= 0.3 is 0 Å². The van der Waals surface area contributed by atoms with Gasteiger partial charge in [-0.25, -0.2) is 0 Å². The van der Waals surface area contributed by atoms with Gasteiger partial charge in [-0.15, -0.1) is 0 Å². The van der Waals surface area contributed by atoms with E-state index in [9.17, 15) is 0 Å². The fourth-order valence-corrected chi connectivity index (χ4v) is 2.32. The van der Waals surface area contributed by atoms with Gasteiger partial charge in [-0.1, -0.05) is 41.5 Å². The Balaban J connectivity index is 0.00000162. The number of rotatable bonds is 5. The zero-order valence-corrected chi connectivity index (χ0v) is 12.0. The van der Waals surface area contributed by atoms with Crippen LogP contribution in [0.15, 0.2) is 35.9 Å². The van der Waals surface area contributed by atoms with Crippen LogP contribution in [0.2, 0.25) is 0 Å². The van der Waals surface area contributed by atoms with Gasteiger partial charge in [0.25, 0.3) is 0 Å². The van der Waals surface area contributed by atoms with Crippen molar-refractivity contribution >= 4 is 0 Å². The normalized spacial score (nSPS) is 14.8. The molecule has 0 bridgehead atoms. The molecule has 1 aromatic rings. The van der Waals surface area contributed by atoms with E-state index in [1.807, 2.05) is 0 Å². The highest BCUT2D eigenvalue weighted by Crippen LogP contribution is 2.19. The van der Waals surface area contributed by atoms with Gasteiger partial charge in [-0.05, 0) is 51.1 Å². The third-order valence-electron chi connectivity index (χ3n) is 3.46. The first-order valence-electron chi connectivity index (χ1n) is 6.79. The Morgan fingerprint density at radius 2 is 1.89 bits per heavy atom. The van der Waals surface area contributed by atoms with E-state index in [2.05, 4.69) is 42.6 Å². The van der Waals surface area contributed by atoms with Crippen LogP contribution in [0, 0.1) is 6.92 Å². The lowest BCUT2D eigenvalue weighted by molar-refractivity contribution is -0.00000364. The van der Waals surface area contributed by atoms with Gasteiger partial charge in [0.15, 0.2) is 0 Å². The molecule has 2 heteroatoms. The van der Waals surface area contributed by atoms with Gasteiger partial charge in [0.05, 0.1) is 0 Å². The minimum atomic E-state index is 0. The van der Waals surface area contributed by atoms with Crippen molar-refractivity contribution in [3.8, 4) is 0 Å². The van der Waals surface area contributed by atoms with Crippen LogP contribution in [0.3, 0.4) is 0 Å². The Bertz CT molecular complexity index is 367. The number of hydrogen-bond acceptors (Lipinski definition) is 1. The van der Waals surface area contributed by atoms with Crippen molar-refractivity contribution in [2.45, 2.75) is 45.6 Å². The summed E-state index contributed by atoms with van der Waals surface area (Å²) in [5.74, 6) is 0. The van der Waals surface area contributed by atoms with E-state index >= 15 is 0 Å². The number of hydrogen-bond donors (Lipinski definition) is 1. The van der Waals surface area contributed by atoms with E-state index in [4.69, 9.17) is 0 Å². The maximum atomic E-state index is 3.53. The molecule has 0 radical (unpaired) electrons. The van der Waals surface area contributed by atoms with Crippen LogP contribution in [0.4, 0.5) is 0 Å². The van der Waals surface area contributed by atoms with Gasteiger partial charge in [-0.3, -0.25) is 0 Å². The molecular weight excluding hydrogens is 242 g/mol. The summed E-state index contributed by atoms with van der Waals surface area (Å²) in [5, 5.41) is 3.53. The topological polar surface area (TPSA) is 12.0 Å². The Labute approximate surface area is 117 Å². The molecule has 1 aliphatic carbocycles. The molecule has 1 aliphatic rings. The summed E-state index contributed by atoms with van der Waals surface area (Å²) in [6.07, 6.45) is 9.08. The summed E-state index contributed by atoms with van der Waals surface area (Å²) in [5.41, 5.74) is 4.38. The van der Waals surface area contributed by atoms with Gasteiger partial charge in [0.2, 0.25) is 0 Å². The molecule has 0 unspecified atom stereocenters. The lowest BCUT2D eigenvalue weighted by Gasteiger charge is -2.13. The van der Waals surface area contributed by atoms with Crippen molar-refractivity contribution in [2.75, 3.05) is 6.54 Å². The first-order chi connectivity index (χ1) is 8.34. The predicted octanol–water partition coefficient (Wildman–Crippen LogP) is 0.979. The summed E-state index contributed by atoms with van der Waals surface area (Å²) in [4.78, 5) is 0. The number of allylic oxidation sites excluding steroid dienone is 1. The molecule has 0 saturated carbocycles. The van der Waals surface area contributed by atoms with E-state index in [-0.39, 0.29) is 12.4 Å². The van der Waals surface area contributed by atoms with Crippen LogP contribution in [-0.4, -0.2) is 6.54 Å². The number of halogens is 1. The second kappa shape index (κ2) is 8.34. The van der Waals surface area contributed by atoms with Crippen molar-refractivity contribution < 1.29 is 12.4 Å². The molecule has 1 nitrogen and oxygen atoms in total. The van der Waals surface area contributed by atoms with Gasteiger partial charge in [0.1, 0.15) is 0 Å². The molecule has 0 amide bonds. The van der Waals surface area contributed by atoms with Crippen LogP contribution >= 0.6 is 0 Å². The molecule has 18 heavy (non-hydrogen) atoms. The molecule has 1 N–H and O–H groups in total. The smallest absolute Gasteiger partial charge is 0.0205 e. The quantitative estimate of drug-likeness (QED) is 0.618. The molecule has 0 heterocycles.